The van der Waals surface area contributed by atoms with E-state index < -0.39 is 0 Å². The summed E-state index contributed by atoms with van der Waals surface area (Å²) in [5.74, 6) is -0.162. The summed E-state index contributed by atoms with van der Waals surface area (Å²) in [6.07, 6.45) is 0. The second-order valence-electron chi connectivity index (χ2n) is 5.26. The number of anilines is 1. The van der Waals surface area contributed by atoms with Crippen LogP contribution in [0.3, 0.4) is 0 Å². The molecule has 0 bridgehead atoms. The molecule has 0 fully saturated rings. The standard InChI is InChI=1S/C19H13N3OS2/c23-17(16-15(11-12-24-16)13-7-3-1-4-8-13)20-19-22-21-18(25-19)14-9-5-2-6-10-14/h1-12H,(H,20,22,23). The fourth-order valence-electron chi connectivity index (χ4n) is 2.46. The molecule has 25 heavy (non-hydrogen) atoms. The monoisotopic (exact) mass is 363 g/mol. The van der Waals surface area contributed by atoms with Crippen molar-refractivity contribution in [3.63, 3.8) is 0 Å². The van der Waals surface area contributed by atoms with Gasteiger partial charge in [-0.05, 0) is 17.0 Å². The Morgan fingerprint density at radius 1 is 0.840 bits per heavy atom. The van der Waals surface area contributed by atoms with Crippen LogP contribution in [0, 0.1) is 0 Å². The normalized spacial score (nSPS) is 10.6. The molecule has 1 amide bonds. The maximum Gasteiger partial charge on any atom is 0.268 e. The van der Waals surface area contributed by atoms with Crippen molar-refractivity contribution in [3.05, 3.63) is 77.0 Å². The van der Waals surface area contributed by atoms with Crippen LogP contribution in [0.4, 0.5) is 5.13 Å². The second-order valence-corrected chi connectivity index (χ2v) is 7.16. The Morgan fingerprint density at radius 2 is 1.52 bits per heavy atom. The van der Waals surface area contributed by atoms with E-state index in [0.29, 0.717) is 10.0 Å². The predicted octanol–water partition coefficient (Wildman–Crippen LogP) is 5.19. The number of benzene rings is 2. The lowest BCUT2D eigenvalue weighted by Gasteiger charge is -2.03. The van der Waals surface area contributed by atoms with Crippen LogP contribution in [0.1, 0.15) is 9.67 Å². The van der Waals surface area contributed by atoms with Gasteiger partial charge in [-0.3, -0.25) is 10.1 Å². The van der Waals surface area contributed by atoms with E-state index in [2.05, 4.69) is 15.5 Å². The molecule has 2 heterocycles. The van der Waals surface area contributed by atoms with Gasteiger partial charge in [-0.2, -0.15) is 0 Å². The minimum atomic E-state index is -0.162. The maximum absolute atomic E-state index is 12.7. The van der Waals surface area contributed by atoms with Crippen molar-refractivity contribution in [2.45, 2.75) is 0 Å². The van der Waals surface area contributed by atoms with Gasteiger partial charge in [0, 0.05) is 11.1 Å². The van der Waals surface area contributed by atoms with Gasteiger partial charge in [0.25, 0.3) is 5.91 Å². The van der Waals surface area contributed by atoms with Crippen LogP contribution in [0.15, 0.2) is 72.1 Å². The summed E-state index contributed by atoms with van der Waals surface area (Å²) in [4.78, 5) is 13.3. The van der Waals surface area contributed by atoms with Crippen molar-refractivity contribution in [3.8, 4) is 21.7 Å². The first-order valence-electron chi connectivity index (χ1n) is 7.64. The van der Waals surface area contributed by atoms with Gasteiger partial charge in [-0.15, -0.1) is 21.5 Å². The van der Waals surface area contributed by atoms with Gasteiger partial charge in [0.2, 0.25) is 5.13 Å². The van der Waals surface area contributed by atoms with Gasteiger partial charge in [0.05, 0.1) is 0 Å². The molecule has 2 aromatic carbocycles. The summed E-state index contributed by atoms with van der Waals surface area (Å²) < 4.78 is 0. The number of hydrogen-bond acceptors (Lipinski definition) is 5. The number of aromatic nitrogens is 2. The number of nitrogens with zero attached hydrogens (tertiary/aromatic N) is 2. The lowest BCUT2D eigenvalue weighted by Crippen LogP contribution is -2.11. The van der Waals surface area contributed by atoms with Crippen molar-refractivity contribution in [1.29, 1.82) is 0 Å². The smallest absolute Gasteiger partial charge is 0.268 e. The van der Waals surface area contributed by atoms with E-state index in [9.17, 15) is 4.79 Å². The van der Waals surface area contributed by atoms with Crippen LogP contribution in [0.2, 0.25) is 0 Å². The first-order valence-corrected chi connectivity index (χ1v) is 9.34. The van der Waals surface area contributed by atoms with Crippen LogP contribution < -0.4 is 5.32 Å². The number of carbonyl (C=O) groups excluding carboxylic acids is 1. The zero-order chi connectivity index (χ0) is 17.1. The van der Waals surface area contributed by atoms with E-state index >= 15 is 0 Å². The van der Waals surface area contributed by atoms with Gasteiger partial charge in [0.15, 0.2) is 0 Å². The van der Waals surface area contributed by atoms with Gasteiger partial charge < -0.3 is 0 Å². The molecule has 0 unspecified atom stereocenters. The van der Waals surface area contributed by atoms with Gasteiger partial charge >= 0.3 is 0 Å². The lowest BCUT2D eigenvalue weighted by atomic mass is 10.1. The summed E-state index contributed by atoms with van der Waals surface area (Å²) in [7, 11) is 0. The summed E-state index contributed by atoms with van der Waals surface area (Å²) >= 11 is 2.78. The molecule has 0 saturated heterocycles. The third-order valence-electron chi connectivity index (χ3n) is 3.62. The van der Waals surface area contributed by atoms with E-state index in [1.165, 1.54) is 22.7 Å². The molecule has 2 aromatic heterocycles. The zero-order valence-electron chi connectivity index (χ0n) is 13.0. The molecule has 0 aliphatic carbocycles. The predicted molar refractivity (Wildman–Crippen MR) is 103 cm³/mol. The molecule has 4 aromatic rings. The molecular formula is C19H13N3OS2. The number of carbonyl (C=O) groups is 1. The van der Waals surface area contributed by atoms with Crippen LogP contribution in [0.25, 0.3) is 21.7 Å². The highest BCUT2D eigenvalue weighted by atomic mass is 32.1. The Labute approximate surface area is 152 Å². The molecule has 6 heteroatoms. The number of nitrogens with one attached hydrogen (secondary N) is 1. The molecular weight excluding hydrogens is 350 g/mol. The van der Waals surface area contributed by atoms with Crippen LogP contribution in [-0.2, 0) is 0 Å². The zero-order valence-corrected chi connectivity index (χ0v) is 14.7. The fraction of sp³-hybridized carbons (Fsp3) is 0. The molecule has 0 spiro atoms. The number of amides is 1. The maximum atomic E-state index is 12.7. The molecule has 4 nitrogen and oxygen atoms in total. The molecule has 4 rings (SSSR count). The Bertz CT molecular complexity index is 994. The van der Waals surface area contributed by atoms with Crippen molar-refractivity contribution < 1.29 is 4.79 Å². The van der Waals surface area contributed by atoms with Crippen molar-refractivity contribution >= 4 is 33.7 Å². The van der Waals surface area contributed by atoms with Crippen molar-refractivity contribution in [2.24, 2.45) is 0 Å². The highest BCUT2D eigenvalue weighted by molar-refractivity contribution is 7.18. The Morgan fingerprint density at radius 3 is 2.24 bits per heavy atom. The Balaban J connectivity index is 1.56. The fourth-order valence-corrected chi connectivity index (χ4v) is 4.01. The minimum Gasteiger partial charge on any atom is -0.296 e. The average molecular weight is 363 g/mol. The average Bonchev–Trinajstić information content (AvgIpc) is 3.33. The molecule has 1 N–H and O–H groups in total. The van der Waals surface area contributed by atoms with Gasteiger partial charge in [-0.25, -0.2) is 0 Å². The SMILES string of the molecule is O=C(Nc1nnc(-c2ccccc2)s1)c1sccc1-c1ccccc1. The summed E-state index contributed by atoms with van der Waals surface area (Å²) in [5.41, 5.74) is 2.94. The van der Waals surface area contributed by atoms with Crippen LogP contribution in [-0.4, -0.2) is 16.1 Å². The highest BCUT2D eigenvalue weighted by Gasteiger charge is 2.16. The van der Waals surface area contributed by atoms with Crippen molar-refractivity contribution in [1.82, 2.24) is 10.2 Å². The van der Waals surface area contributed by atoms with Gasteiger partial charge in [0.1, 0.15) is 9.88 Å². The molecule has 0 aliphatic heterocycles. The summed E-state index contributed by atoms with van der Waals surface area (Å²) in [5, 5.41) is 14.3. The number of thiophene rings is 1. The lowest BCUT2D eigenvalue weighted by molar-refractivity contribution is 0.103. The minimum absolute atomic E-state index is 0.162. The molecule has 0 radical (unpaired) electrons. The van der Waals surface area contributed by atoms with E-state index in [1.54, 1.807) is 0 Å². The first-order chi connectivity index (χ1) is 12.3. The summed E-state index contributed by atoms with van der Waals surface area (Å²) in [6, 6.07) is 21.6. The Kier molecular flexibility index (Phi) is 4.37. The number of hydrogen-bond donors (Lipinski definition) is 1. The molecule has 122 valence electrons. The molecule has 0 saturated carbocycles. The quantitative estimate of drug-likeness (QED) is 0.543. The highest BCUT2D eigenvalue weighted by Crippen LogP contribution is 2.30. The number of rotatable bonds is 4. The molecule has 0 atom stereocenters. The van der Waals surface area contributed by atoms with Crippen molar-refractivity contribution in [2.75, 3.05) is 5.32 Å². The third-order valence-corrected chi connectivity index (χ3v) is 5.42. The first kappa shape index (κ1) is 15.7. The second kappa shape index (κ2) is 6.96. The van der Waals surface area contributed by atoms with E-state index in [0.717, 1.165) is 21.7 Å². The molecule has 0 aliphatic rings. The van der Waals surface area contributed by atoms with E-state index in [4.69, 9.17) is 0 Å². The third kappa shape index (κ3) is 3.35. The van der Waals surface area contributed by atoms with Crippen LogP contribution >= 0.6 is 22.7 Å². The Hall–Kier alpha value is -2.83. The van der Waals surface area contributed by atoms with Crippen LogP contribution in [0.5, 0.6) is 0 Å². The summed E-state index contributed by atoms with van der Waals surface area (Å²) in [6.45, 7) is 0. The topological polar surface area (TPSA) is 54.9 Å². The van der Waals surface area contributed by atoms with Gasteiger partial charge in [-0.1, -0.05) is 72.0 Å². The van der Waals surface area contributed by atoms with E-state index in [1.807, 2.05) is 72.1 Å². The largest absolute Gasteiger partial charge is 0.296 e. The van der Waals surface area contributed by atoms with E-state index in [-0.39, 0.29) is 5.91 Å².